The molecule has 9 heteroatoms. The van der Waals surface area contributed by atoms with Gasteiger partial charge in [0.1, 0.15) is 23.8 Å². The van der Waals surface area contributed by atoms with Crippen LogP contribution in [0.2, 0.25) is 0 Å². The van der Waals surface area contributed by atoms with Crippen molar-refractivity contribution in [2.45, 2.75) is 24.6 Å². The Morgan fingerprint density at radius 2 is 2.21 bits per heavy atom. The van der Waals surface area contributed by atoms with Crippen molar-refractivity contribution in [3.05, 3.63) is 59.2 Å². The summed E-state index contributed by atoms with van der Waals surface area (Å²) in [6.07, 6.45) is 0.571. The molecule has 4 rings (SSSR count). The summed E-state index contributed by atoms with van der Waals surface area (Å²) in [7, 11) is 0. The molecule has 0 radical (unpaired) electrons. The van der Waals surface area contributed by atoms with Gasteiger partial charge in [-0.05, 0) is 36.8 Å². The van der Waals surface area contributed by atoms with Crippen molar-refractivity contribution in [3.63, 3.8) is 0 Å². The second-order valence-corrected chi connectivity index (χ2v) is 8.15. The van der Waals surface area contributed by atoms with Crippen LogP contribution < -0.4 is 11.1 Å². The van der Waals surface area contributed by atoms with Crippen LogP contribution in [0.5, 0.6) is 0 Å². The van der Waals surface area contributed by atoms with Gasteiger partial charge in [0.05, 0.1) is 11.1 Å². The van der Waals surface area contributed by atoms with E-state index in [1.54, 1.807) is 0 Å². The number of aromatic nitrogens is 1. The lowest BCUT2D eigenvalue weighted by atomic mass is 9.81. The Bertz CT molecular complexity index is 1040. The van der Waals surface area contributed by atoms with Gasteiger partial charge in [-0.1, -0.05) is 11.8 Å². The molecular weight excluding hydrogens is 396 g/mol. The largest absolute Gasteiger partial charge is 0.379 e. The van der Waals surface area contributed by atoms with Gasteiger partial charge < -0.3 is 11.1 Å². The highest BCUT2D eigenvalue weighted by Crippen LogP contribution is 2.52. The molecule has 0 unspecified atom stereocenters. The maximum absolute atomic E-state index is 14.8. The molecule has 2 aliphatic rings. The summed E-state index contributed by atoms with van der Waals surface area (Å²) in [5.74, 6) is -0.614. The van der Waals surface area contributed by atoms with Gasteiger partial charge in [0.2, 0.25) is 0 Å². The zero-order valence-electron chi connectivity index (χ0n) is 15.2. The number of rotatable bonds is 3. The molecule has 0 spiro atoms. The molecule has 1 fully saturated rings. The Kier molecular flexibility index (Phi) is 4.96. The van der Waals surface area contributed by atoms with Crippen LogP contribution >= 0.6 is 11.8 Å². The number of alkyl halides is 1. The standard InChI is InChI=1S/C20H17F2N5OS/c21-13-5-12-10-29-19(24)27-20(12,7-13)15-6-14(2-3-16(15)22)26-18(28)17-4-1-11(8-23)9-25-17/h1-4,6,9,12-13H,5,7,10H2,(H2,24,27)(H,26,28)/t12-,13+,20-/m0/s1. The number of benzene rings is 1. The van der Waals surface area contributed by atoms with Crippen LogP contribution in [0.1, 0.15) is 34.5 Å². The van der Waals surface area contributed by atoms with Crippen LogP contribution in [0.15, 0.2) is 41.5 Å². The molecule has 29 heavy (non-hydrogen) atoms. The average molecular weight is 413 g/mol. The zero-order chi connectivity index (χ0) is 20.6. The second kappa shape index (κ2) is 7.44. The van der Waals surface area contributed by atoms with Gasteiger partial charge in [0, 0.05) is 35.5 Å². The third-order valence-electron chi connectivity index (χ3n) is 5.31. The van der Waals surface area contributed by atoms with Crippen LogP contribution in [-0.4, -0.2) is 28.0 Å². The molecule has 1 aromatic carbocycles. The molecule has 3 atom stereocenters. The van der Waals surface area contributed by atoms with Crippen LogP contribution in [0, 0.1) is 23.1 Å². The van der Waals surface area contributed by atoms with Gasteiger partial charge in [-0.25, -0.2) is 13.8 Å². The van der Waals surface area contributed by atoms with Crippen molar-refractivity contribution < 1.29 is 13.6 Å². The molecule has 0 saturated heterocycles. The van der Waals surface area contributed by atoms with E-state index in [9.17, 15) is 13.6 Å². The third kappa shape index (κ3) is 3.56. The first-order valence-electron chi connectivity index (χ1n) is 9.01. The number of fused-ring (bicyclic) bond motifs is 1. The van der Waals surface area contributed by atoms with Gasteiger partial charge >= 0.3 is 0 Å². The molecule has 2 heterocycles. The van der Waals surface area contributed by atoms with Crippen LogP contribution in [0.3, 0.4) is 0 Å². The fraction of sp³-hybridized carbons (Fsp3) is 0.300. The van der Waals surface area contributed by atoms with Gasteiger partial charge in [0.25, 0.3) is 5.91 Å². The number of amides is 1. The second-order valence-electron chi connectivity index (χ2n) is 7.11. The number of carbonyl (C=O) groups excluding carboxylic acids is 1. The number of carbonyl (C=O) groups is 1. The lowest BCUT2D eigenvalue weighted by molar-refractivity contribution is 0.102. The first kappa shape index (κ1) is 19.3. The summed E-state index contributed by atoms with van der Waals surface area (Å²) in [4.78, 5) is 20.9. The van der Waals surface area contributed by atoms with Gasteiger partial charge in [-0.3, -0.25) is 9.79 Å². The molecule has 6 nitrogen and oxygen atoms in total. The van der Waals surface area contributed by atoms with E-state index in [-0.39, 0.29) is 23.6 Å². The molecule has 1 saturated carbocycles. The van der Waals surface area contributed by atoms with E-state index in [2.05, 4.69) is 15.3 Å². The Hall–Kier alpha value is -2.99. The van der Waals surface area contributed by atoms with Crippen LogP contribution in [0.4, 0.5) is 14.5 Å². The van der Waals surface area contributed by atoms with E-state index < -0.39 is 23.4 Å². The fourth-order valence-electron chi connectivity index (χ4n) is 3.96. The van der Waals surface area contributed by atoms with E-state index in [0.717, 1.165) is 0 Å². The summed E-state index contributed by atoms with van der Waals surface area (Å²) >= 11 is 1.35. The van der Waals surface area contributed by atoms with E-state index in [1.165, 1.54) is 48.3 Å². The average Bonchev–Trinajstić information content (AvgIpc) is 3.05. The smallest absolute Gasteiger partial charge is 0.274 e. The Morgan fingerprint density at radius 3 is 2.93 bits per heavy atom. The molecular formula is C20H17F2N5OS. The summed E-state index contributed by atoms with van der Waals surface area (Å²) < 4.78 is 29.1. The quantitative estimate of drug-likeness (QED) is 0.803. The number of nitrogens with zero attached hydrogens (tertiary/aromatic N) is 3. The summed E-state index contributed by atoms with van der Waals surface area (Å²) in [5.41, 5.74) is 5.87. The topological polar surface area (TPSA) is 104 Å². The maximum atomic E-state index is 14.8. The molecule has 1 aliphatic carbocycles. The first-order chi connectivity index (χ1) is 13.9. The predicted octanol–water partition coefficient (Wildman–Crippen LogP) is 3.35. The number of hydrogen-bond donors (Lipinski definition) is 2. The van der Waals surface area contributed by atoms with E-state index in [4.69, 9.17) is 11.0 Å². The number of halogens is 2. The molecule has 0 bridgehead atoms. The Labute approximate surface area is 170 Å². The van der Waals surface area contributed by atoms with Gasteiger partial charge in [0.15, 0.2) is 5.17 Å². The van der Waals surface area contributed by atoms with E-state index in [0.29, 0.717) is 28.6 Å². The molecule has 1 aliphatic heterocycles. The number of amidine groups is 1. The van der Waals surface area contributed by atoms with Crippen molar-refractivity contribution in [1.29, 1.82) is 5.26 Å². The summed E-state index contributed by atoms with van der Waals surface area (Å²) in [6.45, 7) is 0. The highest BCUT2D eigenvalue weighted by atomic mass is 32.2. The van der Waals surface area contributed by atoms with E-state index in [1.807, 2.05) is 6.07 Å². The number of nitrogens with two attached hydrogens (primary N) is 1. The number of nitrogens with one attached hydrogen (secondary N) is 1. The summed E-state index contributed by atoms with van der Waals surface area (Å²) in [5, 5.41) is 11.8. The lowest BCUT2D eigenvalue weighted by Crippen LogP contribution is -2.37. The minimum Gasteiger partial charge on any atom is -0.379 e. The zero-order valence-corrected chi connectivity index (χ0v) is 16.0. The minimum atomic E-state index is -1.09. The van der Waals surface area contributed by atoms with Crippen molar-refractivity contribution in [2.75, 3.05) is 11.1 Å². The van der Waals surface area contributed by atoms with Crippen LogP contribution in [-0.2, 0) is 5.54 Å². The monoisotopic (exact) mass is 413 g/mol. The number of pyridine rings is 1. The fourth-order valence-corrected chi connectivity index (χ4v) is 4.97. The minimum absolute atomic E-state index is 0.0599. The van der Waals surface area contributed by atoms with Gasteiger partial charge in [-0.15, -0.1) is 0 Å². The normalized spacial score (nSPS) is 25.6. The maximum Gasteiger partial charge on any atom is 0.274 e. The highest BCUT2D eigenvalue weighted by Gasteiger charge is 2.52. The van der Waals surface area contributed by atoms with Crippen molar-refractivity contribution in [3.8, 4) is 6.07 Å². The lowest BCUT2D eigenvalue weighted by Gasteiger charge is -2.35. The van der Waals surface area contributed by atoms with Crippen molar-refractivity contribution >= 4 is 28.5 Å². The number of nitriles is 1. The Balaban J connectivity index is 1.66. The highest BCUT2D eigenvalue weighted by molar-refractivity contribution is 8.13. The number of thioether (sulfide) groups is 1. The summed E-state index contributed by atoms with van der Waals surface area (Å²) in [6, 6.07) is 9.01. The Morgan fingerprint density at radius 1 is 1.38 bits per heavy atom. The molecule has 148 valence electrons. The van der Waals surface area contributed by atoms with Gasteiger partial charge in [-0.2, -0.15) is 5.26 Å². The molecule has 3 N–H and O–H groups in total. The number of hydrogen-bond acceptors (Lipinski definition) is 6. The first-order valence-corrected chi connectivity index (χ1v) is 9.99. The van der Waals surface area contributed by atoms with E-state index >= 15 is 0 Å². The SMILES string of the molecule is N#Cc1ccc(C(=O)Nc2ccc(F)c([C@]34C[C@H](F)C[C@H]3CSC(N)=N4)c2)nc1. The van der Waals surface area contributed by atoms with Crippen molar-refractivity contribution in [1.82, 2.24) is 4.98 Å². The van der Waals surface area contributed by atoms with Crippen molar-refractivity contribution in [2.24, 2.45) is 16.6 Å². The van der Waals surface area contributed by atoms with Crippen LogP contribution in [0.25, 0.3) is 0 Å². The number of anilines is 1. The molecule has 2 aromatic rings. The number of aliphatic imine (C=N–C) groups is 1. The third-order valence-corrected chi connectivity index (χ3v) is 6.26. The predicted molar refractivity (Wildman–Crippen MR) is 107 cm³/mol. The molecule has 1 amide bonds. The molecule has 1 aromatic heterocycles.